The van der Waals surface area contributed by atoms with Crippen molar-refractivity contribution < 1.29 is 13.9 Å². The number of ether oxygens (including phenoxy) is 2. The Labute approximate surface area is 232 Å². The van der Waals surface area contributed by atoms with Crippen LogP contribution in [-0.4, -0.2) is 11.2 Å². The Balaban J connectivity index is 1.46. The van der Waals surface area contributed by atoms with E-state index in [9.17, 15) is 4.79 Å². The molecule has 0 unspecified atom stereocenters. The molecule has 0 saturated carbocycles. The zero-order valence-corrected chi connectivity index (χ0v) is 23.9. The number of unbranched alkanes of at least 4 members (excludes halogenated alkanes) is 2. The fourth-order valence-corrected chi connectivity index (χ4v) is 5.19. The lowest BCUT2D eigenvalue weighted by molar-refractivity contribution is 0.00509. The van der Waals surface area contributed by atoms with Crippen LogP contribution in [0.4, 0.5) is 0 Å². The van der Waals surface area contributed by atoms with E-state index >= 15 is 0 Å². The van der Waals surface area contributed by atoms with Crippen LogP contribution in [-0.2, 0) is 6.42 Å². The Morgan fingerprint density at radius 3 is 2.10 bits per heavy atom. The summed E-state index contributed by atoms with van der Waals surface area (Å²) in [7, 11) is 0. The maximum absolute atomic E-state index is 12.9. The molecule has 0 spiro atoms. The lowest BCUT2D eigenvalue weighted by atomic mass is 9.92. The van der Waals surface area contributed by atoms with Crippen molar-refractivity contribution in [1.82, 2.24) is 0 Å². The number of hydrogen-bond donors (Lipinski definition) is 0. The van der Waals surface area contributed by atoms with E-state index in [4.69, 9.17) is 13.9 Å². The van der Waals surface area contributed by atoms with Crippen LogP contribution in [0.5, 0.6) is 11.5 Å². The minimum absolute atomic E-state index is 0.352. The van der Waals surface area contributed by atoms with Crippen LogP contribution in [0, 0.1) is 0 Å². The summed E-state index contributed by atoms with van der Waals surface area (Å²) in [6.45, 7) is 14.2. The molecule has 0 amide bonds. The fraction of sp³-hybridized carbons (Fsp3) is 0.343. The standard InChI is InChI=1S/C35H40O4/c1-7-9-10-11-26-12-16-27(17-13-26)31-22-28-18-21-30(23-32(28)37-33(31)36)39-35(5,6)24-34(3,4)38-29-19-14-25(8-2)15-20-29/h8,12-23H,2,7,9-11,24H2,1,3-6H3. The van der Waals surface area contributed by atoms with E-state index in [-0.39, 0.29) is 5.63 Å². The molecule has 0 aliphatic rings. The first kappa shape index (κ1) is 28.2. The van der Waals surface area contributed by atoms with Crippen LogP contribution in [0.25, 0.3) is 28.2 Å². The van der Waals surface area contributed by atoms with Gasteiger partial charge in [-0.15, -0.1) is 0 Å². The highest BCUT2D eigenvalue weighted by Crippen LogP contribution is 2.32. The Kier molecular flexibility index (Phi) is 8.64. The van der Waals surface area contributed by atoms with Gasteiger partial charge in [-0.05, 0) is 87.6 Å². The van der Waals surface area contributed by atoms with Crippen LogP contribution in [0.1, 0.15) is 71.4 Å². The van der Waals surface area contributed by atoms with Crippen molar-refractivity contribution in [3.05, 3.63) is 101 Å². The topological polar surface area (TPSA) is 48.7 Å². The smallest absolute Gasteiger partial charge is 0.344 e. The molecule has 4 aromatic rings. The molecule has 0 saturated heterocycles. The Hall–Kier alpha value is -3.79. The van der Waals surface area contributed by atoms with Crippen molar-refractivity contribution in [3.8, 4) is 22.6 Å². The van der Waals surface area contributed by atoms with Gasteiger partial charge in [0.05, 0.1) is 5.56 Å². The predicted molar refractivity (Wildman–Crippen MR) is 162 cm³/mol. The molecule has 1 aromatic heterocycles. The summed E-state index contributed by atoms with van der Waals surface area (Å²) in [5.41, 5.74) is 2.93. The third-order valence-corrected chi connectivity index (χ3v) is 6.80. The van der Waals surface area contributed by atoms with E-state index < -0.39 is 11.2 Å². The number of hydrogen-bond acceptors (Lipinski definition) is 4. The van der Waals surface area contributed by atoms with Gasteiger partial charge < -0.3 is 13.9 Å². The van der Waals surface area contributed by atoms with Gasteiger partial charge in [-0.25, -0.2) is 4.79 Å². The lowest BCUT2D eigenvalue weighted by Crippen LogP contribution is -2.41. The molecule has 0 aliphatic heterocycles. The zero-order valence-electron chi connectivity index (χ0n) is 23.9. The van der Waals surface area contributed by atoms with Crippen LogP contribution < -0.4 is 15.1 Å². The van der Waals surface area contributed by atoms with Gasteiger partial charge >= 0.3 is 5.63 Å². The maximum atomic E-state index is 12.9. The minimum atomic E-state index is -0.530. The van der Waals surface area contributed by atoms with Crippen LogP contribution in [0.15, 0.2) is 88.6 Å². The lowest BCUT2D eigenvalue weighted by Gasteiger charge is -2.35. The van der Waals surface area contributed by atoms with Crippen molar-refractivity contribution in [2.45, 2.75) is 77.9 Å². The average molecular weight is 525 g/mol. The molecule has 39 heavy (non-hydrogen) atoms. The summed E-state index contributed by atoms with van der Waals surface area (Å²) >= 11 is 0. The normalized spacial score (nSPS) is 11.9. The van der Waals surface area contributed by atoms with Crippen molar-refractivity contribution in [2.75, 3.05) is 0 Å². The van der Waals surface area contributed by atoms with E-state index in [2.05, 4.69) is 39.5 Å². The molecule has 204 valence electrons. The Bertz CT molecular complexity index is 1460. The van der Waals surface area contributed by atoms with Gasteiger partial charge in [0, 0.05) is 17.9 Å². The molecule has 0 N–H and O–H groups in total. The number of rotatable bonds is 12. The highest BCUT2D eigenvalue weighted by molar-refractivity contribution is 5.82. The average Bonchev–Trinajstić information content (AvgIpc) is 2.88. The van der Waals surface area contributed by atoms with Crippen LogP contribution >= 0.6 is 0 Å². The molecule has 3 aromatic carbocycles. The second-order valence-corrected chi connectivity index (χ2v) is 11.5. The summed E-state index contributed by atoms with van der Waals surface area (Å²) in [4.78, 5) is 12.9. The molecule has 4 heteroatoms. The van der Waals surface area contributed by atoms with E-state index in [0.29, 0.717) is 23.3 Å². The largest absolute Gasteiger partial charge is 0.488 e. The molecule has 0 fully saturated rings. The molecule has 4 rings (SSSR count). The second kappa shape index (κ2) is 11.9. The first-order chi connectivity index (χ1) is 18.6. The molecule has 0 atom stereocenters. The summed E-state index contributed by atoms with van der Waals surface area (Å²) in [6, 6.07) is 23.7. The Morgan fingerprint density at radius 2 is 1.46 bits per heavy atom. The molecule has 0 aliphatic carbocycles. The van der Waals surface area contributed by atoms with Gasteiger partial charge in [-0.2, -0.15) is 0 Å². The van der Waals surface area contributed by atoms with Crippen molar-refractivity contribution in [3.63, 3.8) is 0 Å². The van der Waals surface area contributed by atoms with Crippen molar-refractivity contribution >= 4 is 17.0 Å². The van der Waals surface area contributed by atoms with Gasteiger partial charge in [-0.1, -0.05) is 68.8 Å². The van der Waals surface area contributed by atoms with Gasteiger partial charge in [0.1, 0.15) is 28.3 Å². The molecule has 0 bridgehead atoms. The third kappa shape index (κ3) is 7.63. The highest BCUT2D eigenvalue weighted by atomic mass is 16.5. The van der Waals surface area contributed by atoms with E-state index in [1.54, 1.807) is 6.07 Å². The number of aryl methyl sites for hydroxylation is 1. The summed E-state index contributed by atoms with van der Waals surface area (Å²) in [5, 5.41) is 0.855. The maximum Gasteiger partial charge on any atom is 0.344 e. The first-order valence-electron chi connectivity index (χ1n) is 13.9. The van der Waals surface area contributed by atoms with Gasteiger partial charge in [-0.3, -0.25) is 0 Å². The number of fused-ring (bicyclic) bond motifs is 1. The van der Waals surface area contributed by atoms with Crippen LogP contribution in [0.2, 0.25) is 0 Å². The van der Waals surface area contributed by atoms with Crippen LogP contribution in [0.3, 0.4) is 0 Å². The van der Waals surface area contributed by atoms with Gasteiger partial charge in [0.25, 0.3) is 0 Å². The predicted octanol–water partition coefficient (Wildman–Crippen LogP) is 9.24. The van der Waals surface area contributed by atoms with E-state index in [1.807, 2.05) is 74.5 Å². The molecular weight excluding hydrogens is 484 g/mol. The van der Waals surface area contributed by atoms with E-state index in [1.165, 1.54) is 24.8 Å². The molecular formula is C35H40O4. The van der Waals surface area contributed by atoms with Crippen molar-refractivity contribution in [2.24, 2.45) is 0 Å². The molecule has 1 heterocycles. The van der Waals surface area contributed by atoms with Crippen molar-refractivity contribution in [1.29, 1.82) is 0 Å². The monoisotopic (exact) mass is 524 g/mol. The highest BCUT2D eigenvalue weighted by Gasteiger charge is 2.32. The molecule has 0 radical (unpaired) electrons. The Morgan fingerprint density at radius 1 is 0.821 bits per heavy atom. The quantitative estimate of drug-likeness (QED) is 0.137. The number of benzene rings is 3. The van der Waals surface area contributed by atoms with E-state index in [0.717, 1.165) is 28.7 Å². The van der Waals surface area contributed by atoms with Gasteiger partial charge in [0.2, 0.25) is 0 Å². The summed E-state index contributed by atoms with van der Waals surface area (Å²) < 4.78 is 18.4. The SMILES string of the molecule is C=Cc1ccc(OC(C)(C)CC(C)(C)Oc2ccc3cc(-c4ccc(CCCCC)cc4)c(=O)oc3c2)cc1. The second-order valence-electron chi connectivity index (χ2n) is 11.5. The summed E-state index contributed by atoms with van der Waals surface area (Å²) in [5.74, 6) is 1.45. The first-order valence-corrected chi connectivity index (χ1v) is 13.9. The van der Waals surface area contributed by atoms with Gasteiger partial charge in [0.15, 0.2) is 0 Å². The summed E-state index contributed by atoms with van der Waals surface area (Å²) in [6.07, 6.45) is 7.13. The third-order valence-electron chi connectivity index (χ3n) is 6.80. The zero-order chi connectivity index (χ0) is 28.0. The fourth-order valence-electron chi connectivity index (χ4n) is 5.19. The minimum Gasteiger partial charge on any atom is -0.488 e. The molecule has 4 nitrogen and oxygen atoms in total.